The lowest BCUT2D eigenvalue weighted by molar-refractivity contribution is -0.143. The normalized spacial score (nSPS) is 18.9. The van der Waals surface area contributed by atoms with Gasteiger partial charge in [0.15, 0.2) is 5.65 Å². The number of alkyl halides is 2. The van der Waals surface area contributed by atoms with E-state index < -0.39 is 12.3 Å². The van der Waals surface area contributed by atoms with Gasteiger partial charge in [-0.2, -0.15) is 18.9 Å². The number of nitrogens with zero attached hydrogens (tertiary/aromatic N) is 5. The Balaban J connectivity index is 1.84. The minimum absolute atomic E-state index is 0.0937. The number of aromatic nitrogens is 4. The SMILES string of the molecule is O=C(C(F)F)N1CCCC1Cn1ncc2cnc(Cl)nc21. The van der Waals surface area contributed by atoms with Crippen LogP contribution in [-0.4, -0.2) is 49.6 Å². The molecule has 2 aromatic rings. The van der Waals surface area contributed by atoms with Crippen molar-refractivity contribution in [1.29, 1.82) is 0 Å². The largest absolute Gasteiger partial charge is 0.333 e. The summed E-state index contributed by atoms with van der Waals surface area (Å²) in [4.78, 5) is 20.7. The van der Waals surface area contributed by atoms with E-state index in [1.165, 1.54) is 4.90 Å². The van der Waals surface area contributed by atoms with Crippen molar-refractivity contribution < 1.29 is 13.6 Å². The van der Waals surface area contributed by atoms with Crippen LogP contribution in [0.15, 0.2) is 12.4 Å². The molecule has 0 N–H and O–H groups in total. The topological polar surface area (TPSA) is 63.9 Å². The monoisotopic (exact) mass is 315 g/mol. The molecule has 21 heavy (non-hydrogen) atoms. The van der Waals surface area contributed by atoms with E-state index in [2.05, 4.69) is 15.1 Å². The molecule has 1 atom stereocenters. The van der Waals surface area contributed by atoms with Crippen molar-refractivity contribution in [1.82, 2.24) is 24.6 Å². The second-order valence-electron chi connectivity index (χ2n) is 4.87. The fourth-order valence-corrected chi connectivity index (χ4v) is 2.75. The van der Waals surface area contributed by atoms with Crippen LogP contribution >= 0.6 is 11.6 Å². The Morgan fingerprint density at radius 3 is 3.05 bits per heavy atom. The fraction of sp³-hybridized carbons (Fsp3) is 0.500. The van der Waals surface area contributed by atoms with Crippen molar-refractivity contribution in [2.75, 3.05) is 6.54 Å². The van der Waals surface area contributed by atoms with Gasteiger partial charge < -0.3 is 4.90 Å². The van der Waals surface area contributed by atoms with Gasteiger partial charge in [-0.15, -0.1) is 0 Å². The lowest BCUT2D eigenvalue weighted by Gasteiger charge is -2.24. The molecule has 1 saturated heterocycles. The molecule has 0 saturated carbocycles. The standard InChI is InChI=1S/C12H12ClF2N5O/c13-12-16-4-7-5-17-20(10(7)18-12)6-8-2-1-3-19(8)11(21)9(14)15/h4-5,8-9H,1-3,6H2. The Morgan fingerprint density at radius 1 is 1.48 bits per heavy atom. The highest BCUT2D eigenvalue weighted by atomic mass is 35.5. The van der Waals surface area contributed by atoms with Gasteiger partial charge in [0.2, 0.25) is 5.28 Å². The van der Waals surface area contributed by atoms with Crippen LogP contribution in [0.2, 0.25) is 5.28 Å². The number of amides is 1. The summed E-state index contributed by atoms with van der Waals surface area (Å²) in [6, 6.07) is -0.302. The van der Waals surface area contributed by atoms with Crippen LogP contribution in [0, 0.1) is 0 Å². The Kier molecular flexibility index (Phi) is 3.71. The first kappa shape index (κ1) is 14.1. The van der Waals surface area contributed by atoms with Crippen molar-refractivity contribution in [2.45, 2.75) is 31.9 Å². The molecule has 3 heterocycles. The molecule has 112 valence electrons. The molecule has 1 aliphatic rings. The molecule has 3 rings (SSSR count). The van der Waals surface area contributed by atoms with E-state index in [4.69, 9.17) is 11.6 Å². The molecule has 0 aromatic carbocycles. The molecule has 1 aliphatic heterocycles. The van der Waals surface area contributed by atoms with Gasteiger partial charge in [-0.25, -0.2) is 9.67 Å². The zero-order valence-electron chi connectivity index (χ0n) is 10.9. The second kappa shape index (κ2) is 5.51. The van der Waals surface area contributed by atoms with Crippen molar-refractivity contribution in [3.63, 3.8) is 0 Å². The number of carbonyl (C=O) groups excluding carboxylic acids is 1. The van der Waals surface area contributed by atoms with Crippen LogP contribution in [0.25, 0.3) is 11.0 Å². The van der Waals surface area contributed by atoms with E-state index in [9.17, 15) is 13.6 Å². The van der Waals surface area contributed by atoms with E-state index in [1.807, 2.05) is 0 Å². The molecular formula is C12H12ClF2N5O. The minimum atomic E-state index is -2.98. The number of carbonyl (C=O) groups is 1. The number of fused-ring (bicyclic) bond motifs is 1. The Bertz CT molecular complexity index is 677. The van der Waals surface area contributed by atoms with Gasteiger partial charge >= 0.3 is 6.43 Å². The molecular weight excluding hydrogens is 304 g/mol. The van der Waals surface area contributed by atoms with E-state index in [-0.39, 0.29) is 11.3 Å². The zero-order chi connectivity index (χ0) is 15.0. The van der Waals surface area contributed by atoms with Crippen LogP contribution in [0.5, 0.6) is 0 Å². The van der Waals surface area contributed by atoms with Crippen LogP contribution < -0.4 is 0 Å². The Morgan fingerprint density at radius 2 is 2.29 bits per heavy atom. The highest BCUT2D eigenvalue weighted by Gasteiger charge is 2.33. The predicted octanol–water partition coefficient (Wildman–Crippen LogP) is 1.74. The van der Waals surface area contributed by atoms with Crippen molar-refractivity contribution in [3.05, 3.63) is 17.7 Å². The third-order valence-electron chi connectivity index (χ3n) is 3.58. The third-order valence-corrected chi connectivity index (χ3v) is 3.76. The van der Waals surface area contributed by atoms with Crippen molar-refractivity contribution in [2.24, 2.45) is 0 Å². The number of hydrogen-bond donors (Lipinski definition) is 0. The quantitative estimate of drug-likeness (QED) is 0.809. The van der Waals surface area contributed by atoms with Crippen LogP contribution in [0.1, 0.15) is 12.8 Å². The van der Waals surface area contributed by atoms with Crippen LogP contribution in [0.4, 0.5) is 8.78 Å². The highest BCUT2D eigenvalue weighted by Crippen LogP contribution is 2.22. The molecule has 2 aromatic heterocycles. The first-order chi connectivity index (χ1) is 10.1. The molecule has 1 unspecified atom stereocenters. The average molecular weight is 316 g/mol. The summed E-state index contributed by atoms with van der Waals surface area (Å²) in [5.74, 6) is -1.12. The van der Waals surface area contributed by atoms with E-state index >= 15 is 0 Å². The van der Waals surface area contributed by atoms with E-state index in [1.54, 1.807) is 17.1 Å². The molecule has 0 bridgehead atoms. The highest BCUT2D eigenvalue weighted by molar-refractivity contribution is 6.28. The summed E-state index contributed by atoms with van der Waals surface area (Å²) in [6.45, 7) is 0.665. The maximum Gasteiger partial charge on any atom is 0.315 e. The number of likely N-dealkylation sites (tertiary alicyclic amines) is 1. The molecule has 1 amide bonds. The van der Waals surface area contributed by atoms with Gasteiger partial charge in [0.25, 0.3) is 5.91 Å². The van der Waals surface area contributed by atoms with Crippen LogP contribution in [0.3, 0.4) is 0 Å². The molecule has 0 spiro atoms. The molecule has 0 radical (unpaired) electrons. The lowest BCUT2D eigenvalue weighted by atomic mass is 10.2. The van der Waals surface area contributed by atoms with E-state index in [0.717, 1.165) is 0 Å². The van der Waals surface area contributed by atoms with Gasteiger partial charge in [-0.05, 0) is 24.4 Å². The van der Waals surface area contributed by atoms with Gasteiger partial charge in [0.05, 0.1) is 24.2 Å². The summed E-state index contributed by atoms with van der Waals surface area (Å²) >= 11 is 5.76. The first-order valence-corrected chi connectivity index (χ1v) is 6.87. The maximum absolute atomic E-state index is 12.6. The number of halogens is 3. The maximum atomic E-state index is 12.6. The van der Waals surface area contributed by atoms with Crippen molar-refractivity contribution in [3.8, 4) is 0 Å². The number of hydrogen-bond acceptors (Lipinski definition) is 4. The van der Waals surface area contributed by atoms with Gasteiger partial charge in [0, 0.05) is 12.7 Å². The van der Waals surface area contributed by atoms with Crippen molar-refractivity contribution >= 4 is 28.5 Å². The van der Waals surface area contributed by atoms with E-state index in [0.29, 0.717) is 37.0 Å². The Hall–Kier alpha value is -1.83. The smallest absolute Gasteiger partial charge is 0.315 e. The molecule has 9 heteroatoms. The van der Waals surface area contributed by atoms with Gasteiger partial charge in [-0.3, -0.25) is 4.79 Å². The predicted molar refractivity (Wildman–Crippen MR) is 71.1 cm³/mol. The minimum Gasteiger partial charge on any atom is -0.333 e. The summed E-state index contributed by atoms with van der Waals surface area (Å²) in [6.07, 6.45) is 1.53. The second-order valence-corrected chi connectivity index (χ2v) is 5.21. The molecule has 1 fully saturated rings. The molecule has 0 aliphatic carbocycles. The summed E-state index contributed by atoms with van der Waals surface area (Å²) < 4.78 is 26.7. The van der Waals surface area contributed by atoms with Crippen LogP contribution in [-0.2, 0) is 11.3 Å². The molecule has 6 nitrogen and oxygen atoms in total. The number of rotatable bonds is 3. The third kappa shape index (κ3) is 2.67. The fourth-order valence-electron chi connectivity index (χ4n) is 2.62. The zero-order valence-corrected chi connectivity index (χ0v) is 11.7. The average Bonchev–Trinajstić information content (AvgIpc) is 3.06. The summed E-state index contributed by atoms with van der Waals surface area (Å²) in [7, 11) is 0. The lowest BCUT2D eigenvalue weighted by Crippen LogP contribution is -2.41. The summed E-state index contributed by atoms with van der Waals surface area (Å²) in [5, 5.41) is 4.97. The Labute approximate surface area is 123 Å². The summed E-state index contributed by atoms with van der Waals surface area (Å²) in [5.41, 5.74) is 0.534. The first-order valence-electron chi connectivity index (χ1n) is 6.49. The van der Waals surface area contributed by atoms with Gasteiger partial charge in [0.1, 0.15) is 0 Å². The van der Waals surface area contributed by atoms with Gasteiger partial charge in [-0.1, -0.05) is 0 Å².